The zero-order valence-corrected chi connectivity index (χ0v) is 20.3. The van der Waals surface area contributed by atoms with E-state index in [0.717, 1.165) is 49.5 Å². The Labute approximate surface area is 196 Å². The fraction of sp³-hybridized carbons (Fsp3) is 0.458. The van der Waals surface area contributed by atoms with Crippen molar-refractivity contribution in [2.24, 2.45) is 0 Å². The highest BCUT2D eigenvalue weighted by Crippen LogP contribution is 2.35. The Morgan fingerprint density at radius 1 is 0.875 bits per heavy atom. The number of methoxy groups -OCH3 is 4. The van der Waals surface area contributed by atoms with Crippen molar-refractivity contribution in [1.82, 2.24) is 9.80 Å². The summed E-state index contributed by atoms with van der Waals surface area (Å²) in [7, 11) is 8.59. The maximum absolute atomic E-state index is 12.8. The lowest BCUT2D eigenvalue weighted by Gasteiger charge is -2.20. The number of ether oxygens (including phenoxy) is 4. The zero-order valence-electron chi connectivity index (χ0n) is 19.5. The third-order valence-electron chi connectivity index (χ3n) is 5.69. The highest BCUT2D eigenvalue weighted by molar-refractivity contribution is 5.99. The van der Waals surface area contributed by atoms with Gasteiger partial charge in [0.2, 0.25) is 0 Å². The fourth-order valence-electron chi connectivity index (χ4n) is 3.88. The Balaban J connectivity index is 0.00000363. The van der Waals surface area contributed by atoms with Gasteiger partial charge in [0.1, 0.15) is 0 Å². The minimum atomic E-state index is 0. The second-order valence-electron chi connectivity index (χ2n) is 7.69. The van der Waals surface area contributed by atoms with Crippen molar-refractivity contribution in [3.05, 3.63) is 47.0 Å². The standard InChI is InChI=1S/C24H32N2O5.ClH/c1-25(12-9-17-7-8-20(28-2)21(13-17)29-3)10-6-11-26-16-18-14-22(30-4)23(31-5)15-19(18)24(26)27;/h7-8,13-15H,6,9-12,16H2,1-5H3;1H. The molecule has 3 rings (SSSR count). The second kappa shape index (κ2) is 11.8. The van der Waals surface area contributed by atoms with Crippen molar-refractivity contribution in [2.45, 2.75) is 19.4 Å². The summed E-state index contributed by atoms with van der Waals surface area (Å²) in [5.41, 5.74) is 2.90. The Kier molecular flexibility index (Phi) is 9.47. The maximum atomic E-state index is 12.8. The van der Waals surface area contributed by atoms with Crippen LogP contribution in [0.5, 0.6) is 23.0 Å². The molecule has 0 unspecified atom stereocenters. The van der Waals surface area contributed by atoms with Crippen LogP contribution in [0.3, 0.4) is 0 Å². The molecule has 1 amide bonds. The van der Waals surface area contributed by atoms with E-state index >= 15 is 0 Å². The highest BCUT2D eigenvalue weighted by Gasteiger charge is 2.29. The number of halogens is 1. The number of hydrogen-bond donors (Lipinski definition) is 0. The summed E-state index contributed by atoms with van der Waals surface area (Å²) in [6.07, 6.45) is 1.83. The van der Waals surface area contributed by atoms with Gasteiger partial charge >= 0.3 is 0 Å². The summed E-state index contributed by atoms with van der Waals surface area (Å²) in [6.45, 7) is 3.18. The fourth-order valence-corrected chi connectivity index (χ4v) is 3.88. The molecular formula is C24H33ClN2O5. The molecule has 2 aromatic rings. The van der Waals surface area contributed by atoms with Gasteiger partial charge in [-0.3, -0.25) is 4.79 Å². The van der Waals surface area contributed by atoms with Gasteiger partial charge in [-0.15, -0.1) is 12.4 Å². The first-order chi connectivity index (χ1) is 15.0. The molecule has 0 saturated carbocycles. The van der Waals surface area contributed by atoms with Crippen molar-refractivity contribution in [2.75, 3.05) is 55.1 Å². The molecule has 32 heavy (non-hydrogen) atoms. The first-order valence-corrected chi connectivity index (χ1v) is 10.4. The van der Waals surface area contributed by atoms with Crippen LogP contribution in [0, 0.1) is 0 Å². The van der Waals surface area contributed by atoms with Crippen LogP contribution in [-0.2, 0) is 13.0 Å². The number of fused-ring (bicyclic) bond motifs is 1. The van der Waals surface area contributed by atoms with E-state index < -0.39 is 0 Å². The summed E-state index contributed by atoms with van der Waals surface area (Å²) in [5.74, 6) is 2.80. The zero-order chi connectivity index (χ0) is 22.4. The molecule has 0 spiro atoms. The van der Waals surface area contributed by atoms with Gasteiger partial charge in [0.25, 0.3) is 5.91 Å². The number of rotatable bonds is 11. The number of likely N-dealkylation sites (N-methyl/N-ethyl adjacent to an activating group) is 1. The topological polar surface area (TPSA) is 60.5 Å². The Morgan fingerprint density at radius 2 is 1.50 bits per heavy atom. The Bertz CT molecular complexity index is 922. The third kappa shape index (κ3) is 5.78. The van der Waals surface area contributed by atoms with E-state index in [1.807, 2.05) is 23.1 Å². The van der Waals surface area contributed by atoms with E-state index in [2.05, 4.69) is 18.0 Å². The molecule has 0 bridgehead atoms. The van der Waals surface area contributed by atoms with Gasteiger partial charge in [-0.25, -0.2) is 0 Å². The molecule has 0 radical (unpaired) electrons. The van der Waals surface area contributed by atoms with E-state index in [1.54, 1.807) is 34.5 Å². The monoisotopic (exact) mass is 464 g/mol. The number of carbonyl (C=O) groups excluding carboxylic acids is 1. The summed E-state index contributed by atoms with van der Waals surface area (Å²) >= 11 is 0. The van der Waals surface area contributed by atoms with Gasteiger partial charge in [-0.2, -0.15) is 0 Å². The summed E-state index contributed by atoms with van der Waals surface area (Å²) < 4.78 is 21.4. The van der Waals surface area contributed by atoms with Crippen LogP contribution in [-0.4, -0.2) is 70.8 Å². The van der Waals surface area contributed by atoms with Crippen LogP contribution in [0.25, 0.3) is 0 Å². The molecule has 1 aliphatic heterocycles. The molecule has 8 heteroatoms. The number of hydrogen-bond acceptors (Lipinski definition) is 6. The molecule has 2 aromatic carbocycles. The minimum absolute atomic E-state index is 0. The molecule has 1 heterocycles. The molecule has 0 aliphatic carbocycles. The van der Waals surface area contributed by atoms with E-state index in [9.17, 15) is 4.79 Å². The second-order valence-corrected chi connectivity index (χ2v) is 7.69. The van der Waals surface area contributed by atoms with E-state index in [-0.39, 0.29) is 18.3 Å². The van der Waals surface area contributed by atoms with Crippen LogP contribution in [0.1, 0.15) is 27.9 Å². The van der Waals surface area contributed by atoms with Gasteiger partial charge in [0.05, 0.1) is 28.4 Å². The number of benzene rings is 2. The molecule has 1 aliphatic rings. The lowest BCUT2D eigenvalue weighted by atomic mass is 10.1. The summed E-state index contributed by atoms with van der Waals surface area (Å²) in [4.78, 5) is 16.9. The van der Waals surface area contributed by atoms with E-state index in [4.69, 9.17) is 18.9 Å². The molecule has 0 saturated heterocycles. The Morgan fingerprint density at radius 3 is 2.16 bits per heavy atom. The van der Waals surface area contributed by atoms with Gasteiger partial charge in [-0.1, -0.05) is 6.07 Å². The average molecular weight is 465 g/mol. The lowest BCUT2D eigenvalue weighted by molar-refractivity contribution is 0.0772. The molecule has 0 aromatic heterocycles. The lowest BCUT2D eigenvalue weighted by Crippen LogP contribution is -2.29. The molecule has 176 valence electrons. The molecule has 0 N–H and O–H groups in total. The van der Waals surface area contributed by atoms with Crippen molar-refractivity contribution < 1.29 is 23.7 Å². The van der Waals surface area contributed by atoms with Crippen LogP contribution >= 0.6 is 12.4 Å². The highest BCUT2D eigenvalue weighted by atomic mass is 35.5. The smallest absolute Gasteiger partial charge is 0.254 e. The minimum Gasteiger partial charge on any atom is -0.493 e. The van der Waals surface area contributed by atoms with E-state index in [0.29, 0.717) is 23.6 Å². The first kappa shape index (κ1) is 25.6. The van der Waals surface area contributed by atoms with Gasteiger partial charge in [0.15, 0.2) is 23.0 Å². The largest absolute Gasteiger partial charge is 0.493 e. The van der Waals surface area contributed by atoms with Crippen molar-refractivity contribution in [3.63, 3.8) is 0 Å². The molecule has 0 fully saturated rings. The van der Waals surface area contributed by atoms with Crippen LogP contribution < -0.4 is 18.9 Å². The number of amides is 1. The van der Waals surface area contributed by atoms with Crippen molar-refractivity contribution in [1.29, 1.82) is 0 Å². The molecule has 0 atom stereocenters. The third-order valence-corrected chi connectivity index (χ3v) is 5.69. The van der Waals surface area contributed by atoms with Crippen LogP contribution in [0.4, 0.5) is 0 Å². The van der Waals surface area contributed by atoms with Crippen LogP contribution in [0.15, 0.2) is 30.3 Å². The van der Waals surface area contributed by atoms with E-state index in [1.165, 1.54) is 5.56 Å². The summed E-state index contributed by atoms with van der Waals surface area (Å²) in [6, 6.07) is 9.72. The van der Waals surface area contributed by atoms with Crippen molar-refractivity contribution >= 4 is 18.3 Å². The van der Waals surface area contributed by atoms with Crippen molar-refractivity contribution in [3.8, 4) is 23.0 Å². The SMILES string of the molecule is COc1ccc(CCN(C)CCCN2Cc3cc(OC)c(OC)cc3C2=O)cc1OC.Cl. The average Bonchev–Trinajstić information content (AvgIpc) is 3.10. The van der Waals surface area contributed by atoms with Gasteiger partial charge in [0, 0.05) is 25.2 Å². The number of carbonyl (C=O) groups is 1. The Hall–Kier alpha value is -2.64. The quantitative estimate of drug-likeness (QED) is 0.505. The molecular weight excluding hydrogens is 432 g/mol. The van der Waals surface area contributed by atoms with Crippen LogP contribution in [0.2, 0.25) is 0 Å². The van der Waals surface area contributed by atoms with Gasteiger partial charge in [-0.05, 0) is 61.8 Å². The van der Waals surface area contributed by atoms with Gasteiger partial charge < -0.3 is 28.7 Å². The maximum Gasteiger partial charge on any atom is 0.254 e. The molecule has 7 nitrogen and oxygen atoms in total. The predicted molar refractivity (Wildman–Crippen MR) is 127 cm³/mol. The first-order valence-electron chi connectivity index (χ1n) is 10.4. The normalized spacial score (nSPS) is 12.4. The summed E-state index contributed by atoms with van der Waals surface area (Å²) in [5, 5.41) is 0. The predicted octanol–water partition coefficient (Wildman–Crippen LogP) is 3.66. The number of nitrogens with zero attached hydrogens (tertiary/aromatic N) is 2.